The number of piperidine rings is 1. The Hall–Kier alpha value is -2.29. The highest BCUT2D eigenvalue weighted by molar-refractivity contribution is 7.89. The van der Waals surface area contributed by atoms with Crippen LogP contribution in [0.3, 0.4) is 0 Å². The summed E-state index contributed by atoms with van der Waals surface area (Å²) < 4.78 is 37.3. The summed E-state index contributed by atoms with van der Waals surface area (Å²) in [6.07, 6.45) is 0.899. The van der Waals surface area contributed by atoms with Gasteiger partial charge < -0.3 is 14.8 Å². The predicted molar refractivity (Wildman–Crippen MR) is 111 cm³/mol. The van der Waals surface area contributed by atoms with Crippen LogP contribution < -0.4 is 14.8 Å². The van der Waals surface area contributed by atoms with Crippen LogP contribution in [0.15, 0.2) is 47.4 Å². The Kier molecular flexibility index (Phi) is 6.66. The minimum Gasteiger partial charge on any atom is -0.497 e. The molecule has 1 saturated heterocycles. The van der Waals surface area contributed by atoms with Gasteiger partial charge in [0.2, 0.25) is 15.9 Å². The van der Waals surface area contributed by atoms with Crippen LogP contribution in [0.5, 0.6) is 11.5 Å². The maximum atomic E-state index is 12.9. The third kappa shape index (κ3) is 4.83. The van der Waals surface area contributed by atoms with Gasteiger partial charge in [0.1, 0.15) is 11.5 Å². The third-order valence-electron chi connectivity index (χ3n) is 4.94. The standard InChI is InChI=1S/C20H23ClN2O5S/c1-27-16-5-3-15(4-6-16)22-20(24)14-9-11-23(12-10-14)29(25,26)17-7-8-19(28-2)18(21)13-17/h3-8,13-14H,9-12H2,1-2H3,(H,22,24). The molecule has 2 aromatic rings. The van der Waals surface area contributed by atoms with Gasteiger partial charge in [-0.05, 0) is 55.3 Å². The zero-order valence-corrected chi connectivity index (χ0v) is 17.8. The minimum absolute atomic E-state index is 0.111. The van der Waals surface area contributed by atoms with Crippen LogP contribution in [-0.2, 0) is 14.8 Å². The van der Waals surface area contributed by atoms with Gasteiger partial charge in [-0.15, -0.1) is 0 Å². The van der Waals surface area contributed by atoms with E-state index in [1.54, 1.807) is 31.4 Å². The van der Waals surface area contributed by atoms with Gasteiger partial charge in [-0.1, -0.05) is 11.6 Å². The van der Waals surface area contributed by atoms with Gasteiger partial charge in [0.25, 0.3) is 0 Å². The number of nitrogens with zero attached hydrogens (tertiary/aromatic N) is 1. The van der Waals surface area contributed by atoms with Crippen molar-refractivity contribution >= 4 is 33.2 Å². The molecule has 0 unspecified atom stereocenters. The monoisotopic (exact) mass is 438 g/mol. The number of carbonyl (C=O) groups is 1. The van der Waals surface area contributed by atoms with Crippen molar-refractivity contribution in [2.75, 3.05) is 32.6 Å². The lowest BCUT2D eigenvalue weighted by atomic mass is 9.97. The van der Waals surface area contributed by atoms with Gasteiger partial charge in [0.15, 0.2) is 0 Å². The van der Waals surface area contributed by atoms with E-state index in [-0.39, 0.29) is 34.8 Å². The van der Waals surface area contributed by atoms with Gasteiger partial charge in [-0.25, -0.2) is 8.42 Å². The Balaban J connectivity index is 1.61. The lowest BCUT2D eigenvalue weighted by Crippen LogP contribution is -2.41. The molecule has 7 nitrogen and oxygen atoms in total. The van der Waals surface area contributed by atoms with Crippen LogP contribution in [0, 0.1) is 5.92 Å². The second-order valence-electron chi connectivity index (χ2n) is 6.69. The molecule has 1 N–H and O–H groups in total. The Morgan fingerprint density at radius 3 is 2.28 bits per heavy atom. The van der Waals surface area contributed by atoms with Gasteiger partial charge in [-0.3, -0.25) is 4.79 Å². The largest absolute Gasteiger partial charge is 0.497 e. The SMILES string of the molecule is COc1ccc(NC(=O)C2CCN(S(=O)(=O)c3ccc(OC)c(Cl)c3)CC2)cc1. The first-order valence-corrected chi connectivity index (χ1v) is 11.0. The first-order valence-electron chi connectivity index (χ1n) is 9.13. The molecule has 0 saturated carbocycles. The van der Waals surface area contributed by atoms with Crippen molar-refractivity contribution in [3.8, 4) is 11.5 Å². The van der Waals surface area contributed by atoms with Gasteiger partial charge in [-0.2, -0.15) is 4.31 Å². The molecule has 1 aliphatic rings. The van der Waals surface area contributed by atoms with Gasteiger partial charge >= 0.3 is 0 Å². The molecule has 3 rings (SSSR count). The average Bonchev–Trinajstić information content (AvgIpc) is 2.74. The molecule has 2 aromatic carbocycles. The number of rotatable bonds is 6. The molecule has 156 valence electrons. The number of nitrogens with one attached hydrogen (secondary N) is 1. The Morgan fingerprint density at radius 2 is 1.72 bits per heavy atom. The summed E-state index contributed by atoms with van der Waals surface area (Å²) in [5, 5.41) is 3.11. The lowest BCUT2D eigenvalue weighted by molar-refractivity contribution is -0.120. The Labute approximate surface area is 175 Å². The molecule has 0 bridgehead atoms. The van der Waals surface area contributed by atoms with Crippen LogP contribution in [0.4, 0.5) is 5.69 Å². The van der Waals surface area contributed by atoms with Crippen LogP contribution in [0.2, 0.25) is 5.02 Å². The summed E-state index contributed by atoms with van der Waals surface area (Å²) >= 11 is 6.07. The summed E-state index contributed by atoms with van der Waals surface area (Å²) in [5.74, 6) is 0.766. The van der Waals surface area contributed by atoms with Crippen molar-refractivity contribution in [1.29, 1.82) is 0 Å². The topological polar surface area (TPSA) is 84.9 Å². The number of amides is 1. The predicted octanol–water partition coefficient (Wildman–Crippen LogP) is 3.40. The van der Waals surface area contributed by atoms with E-state index in [4.69, 9.17) is 21.1 Å². The zero-order valence-electron chi connectivity index (χ0n) is 16.2. The van der Waals surface area contributed by atoms with Crippen LogP contribution in [0.25, 0.3) is 0 Å². The molecular formula is C20H23ClN2O5S. The molecule has 1 amide bonds. The van der Waals surface area contributed by atoms with E-state index < -0.39 is 10.0 Å². The highest BCUT2D eigenvalue weighted by Gasteiger charge is 2.32. The molecule has 0 aromatic heterocycles. The van der Waals surface area contributed by atoms with Crippen molar-refractivity contribution in [2.24, 2.45) is 5.92 Å². The van der Waals surface area contributed by atoms with Crippen LogP contribution in [0.1, 0.15) is 12.8 Å². The molecule has 0 aliphatic carbocycles. The molecule has 0 spiro atoms. The van der Waals surface area contributed by atoms with E-state index in [1.165, 1.54) is 29.6 Å². The fourth-order valence-corrected chi connectivity index (χ4v) is 5.05. The number of carbonyl (C=O) groups excluding carboxylic acids is 1. The lowest BCUT2D eigenvalue weighted by Gasteiger charge is -2.30. The minimum atomic E-state index is -3.68. The van der Waals surface area contributed by atoms with Crippen molar-refractivity contribution in [3.05, 3.63) is 47.5 Å². The van der Waals surface area contributed by atoms with E-state index in [1.807, 2.05) is 0 Å². The average molecular weight is 439 g/mol. The third-order valence-corrected chi connectivity index (χ3v) is 7.13. The first-order chi connectivity index (χ1) is 13.8. The molecule has 1 heterocycles. The normalized spacial score (nSPS) is 15.7. The maximum Gasteiger partial charge on any atom is 0.243 e. The molecule has 29 heavy (non-hydrogen) atoms. The number of sulfonamides is 1. The molecule has 0 atom stereocenters. The molecule has 1 aliphatic heterocycles. The van der Waals surface area contributed by atoms with E-state index in [9.17, 15) is 13.2 Å². The number of halogens is 1. The van der Waals surface area contributed by atoms with Crippen molar-refractivity contribution in [2.45, 2.75) is 17.7 Å². The quantitative estimate of drug-likeness (QED) is 0.747. The van der Waals surface area contributed by atoms with Crippen molar-refractivity contribution in [3.63, 3.8) is 0 Å². The maximum absolute atomic E-state index is 12.9. The van der Waals surface area contributed by atoms with E-state index in [2.05, 4.69) is 5.32 Å². The molecule has 0 radical (unpaired) electrons. The summed E-state index contributed by atoms with van der Waals surface area (Å²) in [5.41, 5.74) is 0.679. The Bertz CT molecular complexity index is 971. The van der Waals surface area contributed by atoms with Crippen LogP contribution >= 0.6 is 11.6 Å². The summed E-state index contributed by atoms with van der Waals surface area (Å²) in [6, 6.07) is 11.5. The van der Waals surface area contributed by atoms with Gasteiger partial charge in [0.05, 0.1) is 24.1 Å². The van der Waals surface area contributed by atoms with E-state index in [0.29, 0.717) is 30.0 Å². The first kappa shape index (κ1) is 21.4. The smallest absolute Gasteiger partial charge is 0.243 e. The van der Waals surface area contributed by atoms with Gasteiger partial charge in [0, 0.05) is 24.7 Å². The second-order valence-corrected chi connectivity index (χ2v) is 9.04. The fraction of sp³-hybridized carbons (Fsp3) is 0.350. The second kappa shape index (κ2) is 9.02. The zero-order chi connectivity index (χ0) is 21.0. The molecular weight excluding hydrogens is 416 g/mol. The van der Waals surface area contributed by atoms with Crippen molar-refractivity contribution < 1.29 is 22.7 Å². The van der Waals surface area contributed by atoms with Crippen LogP contribution in [-0.4, -0.2) is 45.9 Å². The number of benzene rings is 2. The van der Waals surface area contributed by atoms with Crippen molar-refractivity contribution in [1.82, 2.24) is 4.31 Å². The van der Waals surface area contributed by atoms with E-state index >= 15 is 0 Å². The summed E-state index contributed by atoms with van der Waals surface area (Å²) in [6.45, 7) is 0.541. The fourth-order valence-electron chi connectivity index (χ4n) is 3.23. The summed E-state index contributed by atoms with van der Waals surface area (Å²) in [7, 11) is -0.629. The number of ether oxygens (including phenoxy) is 2. The number of hydrogen-bond donors (Lipinski definition) is 1. The number of anilines is 1. The van der Waals surface area contributed by atoms with E-state index in [0.717, 1.165) is 0 Å². The molecule has 1 fully saturated rings. The highest BCUT2D eigenvalue weighted by atomic mass is 35.5. The number of hydrogen-bond acceptors (Lipinski definition) is 5. The highest BCUT2D eigenvalue weighted by Crippen LogP contribution is 2.30. The summed E-state index contributed by atoms with van der Waals surface area (Å²) in [4.78, 5) is 12.6. The molecule has 9 heteroatoms. The number of methoxy groups -OCH3 is 2. The Morgan fingerprint density at radius 1 is 1.07 bits per heavy atom.